The molecule has 2 heterocycles. The number of carbonyl (C=O) groups excluding carboxylic acids is 1. The first-order chi connectivity index (χ1) is 17.2. The lowest BCUT2D eigenvalue weighted by molar-refractivity contribution is 0.0933. The Balaban J connectivity index is 1.30. The van der Waals surface area contributed by atoms with Crippen LogP contribution in [-0.4, -0.2) is 26.5 Å². The van der Waals surface area contributed by atoms with Crippen LogP contribution in [-0.2, 0) is 12.3 Å². The van der Waals surface area contributed by atoms with E-state index in [1.165, 1.54) is 36.8 Å². The molecular weight excluding hydrogens is 452 g/mol. The number of carbonyl (C=O) groups is 1. The number of hydrogen-bond donors (Lipinski definition) is 1. The van der Waals surface area contributed by atoms with Crippen LogP contribution >= 0.6 is 11.8 Å². The van der Waals surface area contributed by atoms with Crippen molar-refractivity contribution in [3.63, 3.8) is 0 Å². The first-order valence-electron chi connectivity index (χ1n) is 12.5. The van der Waals surface area contributed by atoms with E-state index < -0.39 is 0 Å². The van der Waals surface area contributed by atoms with Gasteiger partial charge in [0.1, 0.15) is 0 Å². The quantitative estimate of drug-likeness (QED) is 0.239. The van der Waals surface area contributed by atoms with E-state index in [9.17, 15) is 4.79 Å². The van der Waals surface area contributed by atoms with Gasteiger partial charge in [-0.3, -0.25) is 9.78 Å². The molecule has 1 N–H and O–H groups in total. The molecule has 35 heavy (non-hydrogen) atoms. The predicted molar refractivity (Wildman–Crippen MR) is 143 cm³/mol. The van der Waals surface area contributed by atoms with Crippen molar-refractivity contribution in [2.45, 2.75) is 68.9 Å². The normalized spacial score (nSPS) is 14.7. The van der Waals surface area contributed by atoms with Gasteiger partial charge in [-0.05, 0) is 49.1 Å². The second-order valence-corrected chi connectivity index (χ2v) is 10.4. The Morgan fingerprint density at radius 2 is 1.69 bits per heavy atom. The third-order valence-electron chi connectivity index (χ3n) is 6.75. The summed E-state index contributed by atoms with van der Waals surface area (Å²) >= 11 is 1.74. The van der Waals surface area contributed by atoms with Crippen molar-refractivity contribution < 1.29 is 4.79 Å². The van der Waals surface area contributed by atoms with Crippen molar-refractivity contribution in [1.82, 2.24) is 19.9 Å². The Labute approximate surface area is 211 Å². The molecule has 1 aliphatic rings. The fourth-order valence-corrected chi connectivity index (χ4v) is 5.65. The van der Waals surface area contributed by atoms with Gasteiger partial charge in [0.15, 0.2) is 5.16 Å². The lowest BCUT2D eigenvalue weighted by Gasteiger charge is -2.16. The van der Waals surface area contributed by atoms with Crippen LogP contribution < -0.4 is 5.32 Å². The van der Waals surface area contributed by atoms with Crippen molar-refractivity contribution in [2.24, 2.45) is 0 Å². The molecule has 0 spiro atoms. The zero-order valence-corrected chi connectivity index (χ0v) is 21.1. The molecule has 4 aromatic rings. The Morgan fingerprint density at radius 3 is 2.43 bits per heavy atom. The predicted octanol–water partition coefficient (Wildman–Crippen LogP) is 6.53. The molecule has 5 nitrogen and oxygen atoms in total. The van der Waals surface area contributed by atoms with Gasteiger partial charge in [0, 0.05) is 23.6 Å². The number of amides is 1. The summed E-state index contributed by atoms with van der Waals surface area (Å²) in [4.78, 5) is 22.0. The SMILES string of the molecule is Cc1ccc(CSc2nc3ccncc3n2Cc2ccc(C(=O)NC3CCCCCC3)cc2)cc1. The van der Waals surface area contributed by atoms with Crippen LogP contribution in [0.2, 0.25) is 0 Å². The van der Waals surface area contributed by atoms with Crippen LogP contribution in [0.4, 0.5) is 0 Å². The van der Waals surface area contributed by atoms with Crippen LogP contribution in [0.3, 0.4) is 0 Å². The summed E-state index contributed by atoms with van der Waals surface area (Å²) in [6.07, 6.45) is 10.8. The number of aryl methyl sites for hydroxylation is 1. The number of fused-ring (bicyclic) bond motifs is 1. The average molecular weight is 485 g/mol. The average Bonchev–Trinajstić information content (AvgIpc) is 3.02. The summed E-state index contributed by atoms with van der Waals surface area (Å²) in [5, 5.41) is 4.22. The van der Waals surface area contributed by atoms with E-state index in [4.69, 9.17) is 4.98 Å². The van der Waals surface area contributed by atoms with Gasteiger partial charge in [-0.2, -0.15) is 0 Å². The molecule has 0 unspecified atom stereocenters. The molecule has 0 atom stereocenters. The van der Waals surface area contributed by atoms with Gasteiger partial charge in [0.2, 0.25) is 0 Å². The van der Waals surface area contributed by atoms with E-state index >= 15 is 0 Å². The number of nitrogens with one attached hydrogen (secondary N) is 1. The molecule has 1 saturated carbocycles. The van der Waals surface area contributed by atoms with Crippen LogP contribution in [0.15, 0.2) is 72.1 Å². The lowest BCUT2D eigenvalue weighted by atomic mass is 10.1. The number of rotatable bonds is 7. The Hall–Kier alpha value is -3.12. The number of nitrogens with zero attached hydrogens (tertiary/aromatic N) is 3. The van der Waals surface area contributed by atoms with Crippen molar-refractivity contribution in [3.8, 4) is 0 Å². The number of hydrogen-bond acceptors (Lipinski definition) is 4. The summed E-state index contributed by atoms with van der Waals surface area (Å²) in [5.41, 5.74) is 6.38. The summed E-state index contributed by atoms with van der Waals surface area (Å²) in [7, 11) is 0. The molecule has 0 aliphatic heterocycles. The highest BCUT2D eigenvalue weighted by Gasteiger charge is 2.16. The number of thioether (sulfide) groups is 1. The molecule has 1 amide bonds. The van der Waals surface area contributed by atoms with Crippen LogP contribution in [0.1, 0.15) is 65.6 Å². The molecule has 1 fully saturated rings. The molecule has 6 heteroatoms. The third-order valence-corrected chi connectivity index (χ3v) is 7.80. The maximum absolute atomic E-state index is 12.8. The Morgan fingerprint density at radius 1 is 0.971 bits per heavy atom. The molecule has 0 bridgehead atoms. The summed E-state index contributed by atoms with van der Waals surface area (Å²) in [6.45, 7) is 2.79. The Kier molecular flexibility index (Phi) is 7.48. The molecule has 2 aromatic heterocycles. The fourth-order valence-electron chi connectivity index (χ4n) is 4.68. The smallest absolute Gasteiger partial charge is 0.251 e. The van der Waals surface area contributed by atoms with E-state index in [1.54, 1.807) is 18.0 Å². The molecule has 5 rings (SSSR count). The van der Waals surface area contributed by atoms with Gasteiger partial charge in [0.25, 0.3) is 5.91 Å². The van der Waals surface area contributed by atoms with Gasteiger partial charge in [-0.25, -0.2) is 4.98 Å². The lowest BCUT2D eigenvalue weighted by Crippen LogP contribution is -2.34. The minimum Gasteiger partial charge on any atom is -0.349 e. The van der Waals surface area contributed by atoms with Gasteiger partial charge in [-0.15, -0.1) is 0 Å². The topological polar surface area (TPSA) is 59.8 Å². The summed E-state index contributed by atoms with van der Waals surface area (Å²) in [6, 6.07) is 18.9. The van der Waals surface area contributed by atoms with E-state index in [1.807, 2.05) is 24.4 Å². The number of benzene rings is 2. The van der Waals surface area contributed by atoms with E-state index in [-0.39, 0.29) is 5.91 Å². The molecular formula is C29H32N4OS. The number of aromatic nitrogens is 3. The minimum atomic E-state index is 0.0371. The highest BCUT2D eigenvalue weighted by Crippen LogP contribution is 2.27. The molecule has 2 aromatic carbocycles. The zero-order chi connectivity index (χ0) is 24.0. The fraction of sp³-hybridized carbons (Fsp3) is 0.345. The van der Waals surface area contributed by atoms with Crippen molar-refractivity contribution in [1.29, 1.82) is 0 Å². The molecule has 180 valence electrons. The largest absolute Gasteiger partial charge is 0.349 e. The van der Waals surface area contributed by atoms with Crippen molar-refractivity contribution >= 4 is 28.7 Å². The summed E-state index contributed by atoms with van der Waals surface area (Å²) < 4.78 is 2.22. The minimum absolute atomic E-state index is 0.0371. The van der Waals surface area contributed by atoms with Crippen molar-refractivity contribution in [3.05, 3.63) is 89.2 Å². The van der Waals surface area contributed by atoms with Gasteiger partial charge in [-0.1, -0.05) is 79.4 Å². The van der Waals surface area contributed by atoms with Crippen LogP contribution in [0, 0.1) is 6.92 Å². The number of imidazole rings is 1. The third kappa shape index (κ3) is 5.93. The maximum Gasteiger partial charge on any atom is 0.251 e. The second kappa shape index (κ2) is 11.1. The summed E-state index contributed by atoms with van der Waals surface area (Å²) in [5.74, 6) is 0.896. The van der Waals surface area contributed by atoms with E-state index in [0.29, 0.717) is 12.6 Å². The Bertz CT molecular complexity index is 1270. The zero-order valence-electron chi connectivity index (χ0n) is 20.2. The van der Waals surface area contributed by atoms with Crippen LogP contribution in [0.25, 0.3) is 11.0 Å². The highest BCUT2D eigenvalue weighted by molar-refractivity contribution is 7.98. The molecule has 1 aliphatic carbocycles. The first kappa shape index (κ1) is 23.6. The number of pyridine rings is 1. The first-order valence-corrected chi connectivity index (χ1v) is 13.5. The van der Waals surface area contributed by atoms with Gasteiger partial charge in [0.05, 0.1) is 23.8 Å². The van der Waals surface area contributed by atoms with Crippen molar-refractivity contribution in [2.75, 3.05) is 0 Å². The van der Waals surface area contributed by atoms with Gasteiger partial charge >= 0.3 is 0 Å². The maximum atomic E-state index is 12.8. The standard InChI is InChI=1S/C29H32N4OS/c1-21-8-10-23(11-9-21)20-35-29-32-26-16-17-30-18-27(26)33(29)19-22-12-14-24(15-13-22)28(34)31-25-6-4-2-3-5-7-25/h8-18,25H,2-7,19-20H2,1H3,(H,31,34). The van der Waals surface area contributed by atoms with Gasteiger partial charge < -0.3 is 9.88 Å². The monoisotopic (exact) mass is 484 g/mol. The molecule has 0 radical (unpaired) electrons. The van der Waals surface area contributed by atoms with Crippen LogP contribution in [0.5, 0.6) is 0 Å². The van der Waals surface area contributed by atoms with E-state index in [2.05, 4.69) is 58.2 Å². The second-order valence-electron chi connectivity index (χ2n) is 9.48. The van der Waals surface area contributed by atoms with E-state index in [0.717, 1.165) is 45.9 Å². The highest BCUT2D eigenvalue weighted by atomic mass is 32.2. The molecule has 0 saturated heterocycles.